The van der Waals surface area contributed by atoms with Gasteiger partial charge in [0.25, 0.3) is 0 Å². The lowest BCUT2D eigenvalue weighted by Crippen LogP contribution is -2.47. The van der Waals surface area contributed by atoms with Crippen LogP contribution < -0.4 is 14.8 Å². The molecule has 0 aromatic heterocycles. The molecule has 1 heterocycles. The van der Waals surface area contributed by atoms with Crippen molar-refractivity contribution in [2.45, 2.75) is 19.8 Å². The van der Waals surface area contributed by atoms with Gasteiger partial charge in [0.15, 0.2) is 0 Å². The maximum atomic E-state index is 12.6. The predicted octanol–water partition coefficient (Wildman–Crippen LogP) is 0.575. The average molecular weight is 383 g/mol. The van der Waals surface area contributed by atoms with Crippen molar-refractivity contribution in [2.75, 3.05) is 36.8 Å². The van der Waals surface area contributed by atoms with Crippen LogP contribution in [0.1, 0.15) is 19.8 Å². The summed E-state index contributed by atoms with van der Waals surface area (Å²) in [6.07, 6.45) is 2.05. The lowest BCUT2D eigenvalue weighted by Gasteiger charge is -2.32. The lowest BCUT2D eigenvalue weighted by molar-refractivity contribution is -0.133. The first kappa shape index (κ1) is 20.0. The van der Waals surface area contributed by atoms with E-state index in [0.29, 0.717) is 44.0 Å². The molecule has 26 heavy (non-hydrogen) atoms. The quantitative estimate of drug-likeness (QED) is 0.740. The number of carbonyl (C=O) groups is 2. The number of nitrogens with zero attached hydrogens (tertiary/aromatic N) is 2. The number of hydrogen-bond donors (Lipinski definition) is 1. The van der Waals surface area contributed by atoms with Gasteiger partial charge in [0.1, 0.15) is 12.3 Å². The number of primary amides is 1. The molecule has 0 saturated carbocycles. The van der Waals surface area contributed by atoms with Crippen LogP contribution in [0.15, 0.2) is 24.3 Å². The number of sulfonamides is 1. The standard InChI is InChI=1S/C17H25N3O5S/c1-3-25-15-7-5-4-6-14(15)20(26(2,23)24)12-16(21)19-10-8-13(9-11-19)17(18)22/h4-7,13H,3,8-12H2,1-2H3,(H2,18,22). The highest BCUT2D eigenvalue weighted by molar-refractivity contribution is 7.92. The number of likely N-dealkylation sites (tertiary alicyclic amines) is 1. The normalized spacial score (nSPS) is 15.5. The third-order valence-corrected chi connectivity index (χ3v) is 5.49. The molecule has 2 rings (SSSR count). The molecule has 1 aliphatic heterocycles. The van der Waals surface area contributed by atoms with Crippen LogP contribution in [-0.2, 0) is 19.6 Å². The summed E-state index contributed by atoms with van der Waals surface area (Å²) in [5.41, 5.74) is 5.63. The molecule has 1 aromatic carbocycles. The van der Waals surface area contributed by atoms with Crippen LogP contribution in [0.5, 0.6) is 5.75 Å². The number of hydrogen-bond acceptors (Lipinski definition) is 5. The predicted molar refractivity (Wildman–Crippen MR) is 98.3 cm³/mol. The molecule has 0 bridgehead atoms. The molecule has 1 aromatic rings. The lowest BCUT2D eigenvalue weighted by atomic mass is 9.96. The van der Waals surface area contributed by atoms with E-state index in [0.717, 1.165) is 10.6 Å². The summed E-state index contributed by atoms with van der Waals surface area (Å²) < 4.78 is 31.1. The van der Waals surface area contributed by atoms with E-state index >= 15 is 0 Å². The van der Waals surface area contributed by atoms with E-state index in [1.54, 1.807) is 36.1 Å². The van der Waals surface area contributed by atoms with E-state index in [4.69, 9.17) is 10.5 Å². The fraction of sp³-hybridized carbons (Fsp3) is 0.529. The van der Waals surface area contributed by atoms with Crippen LogP contribution in [0.25, 0.3) is 0 Å². The number of ether oxygens (including phenoxy) is 1. The van der Waals surface area contributed by atoms with Crippen LogP contribution in [0.3, 0.4) is 0 Å². The number of anilines is 1. The summed E-state index contributed by atoms with van der Waals surface area (Å²) in [7, 11) is -3.68. The first-order valence-corrected chi connectivity index (χ1v) is 10.4. The van der Waals surface area contributed by atoms with E-state index < -0.39 is 10.0 Å². The van der Waals surface area contributed by atoms with Gasteiger partial charge in [0, 0.05) is 19.0 Å². The van der Waals surface area contributed by atoms with E-state index in [9.17, 15) is 18.0 Å². The molecule has 0 aliphatic carbocycles. The largest absolute Gasteiger partial charge is 0.492 e. The van der Waals surface area contributed by atoms with Crippen molar-refractivity contribution in [3.8, 4) is 5.75 Å². The zero-order valence-electron chi connectivity index (χ0n) is 15.1. The van der Waals surface area contributed by atoms with Gasteiger partial charge in [-0.05, 0) is 31.9 Å². The molecule has 0 unspecified atom stereocenters. The van der Waals surface area contributed by atoms with Gasteiger partial charge >= 0.3 is 0 Å². The monoisotopic (exact) mass is 383 g/mol. The highest BCUT2D eigenvalue weighted by Crippen LogP contribution is 2.30. The van der Waals surface area contributed by atoms with Gasteiger partial charge < -0.3 is 15.4 Å². The highest BCUT2D eigenvalue weighted by Gasteiger charge is 2.29. The topological polar surface area (TPSA) is 110 Å². The molecule has 9 heteroatoms. The second-order valence-corrected chi connectivity index (χ2v) is 8.13. The van der Waals surface area contributed by atoms with Crippen LogP contribution >= 0.6 is 0 Å². The minimum Gasteiger partial charge on any atom is -0.492 e. The Kier molecular flexibility index (Phi) is 6.47. The number of piperidine rings is 1. The van der Waals surface area contributed by atoms with Gasteiger partial charge in [-0.25, -0.2) is 8.42 Å². The van der Waals surface area contributed by atoms with Crippen LogP contribution in [0.4, 0.5) is 5.69 Å². The maximum Gasteiger partial charge on any atom is 0.243 e. The van der Waals surface area contributed by atoms with Gasteiger partial charge in [-0.3, -0.25) is 13.9 Å². The molecule has 1 aliphatic rings. The molecule has 2 N–H and O–H groups in total. The zero-order valence-corrected chi connectivity index (χ0v) is 15.9. The summed E-state index contributed by atoms with van der Waals surface area (Å²) in [5, 5.41) is 0. The second kappa shape index (κ2) is 8.39. The number of para-hydroxylation sites is 2. The zero-order chi connectivity index (χ0) is 19.3. The van der Waals surface area contributed by atoms with Gasteiger partial charge in [0.2, 0.25) is 21.8 Å². The van der Waals surface area contributed by atoms with Gasteiger partial charge in [-0.1, -0.05) is 12.1 Å². The Labute approximate surface area is 153 Å². The Balaban J connectivity index is 2.17. The van der Waals surface area contributed by atoms with Crippen molar-refractivity contribution in [2.24, 2.45) is 11.7 Å². The number of amides is 2. The third kappa shape index (κ3) is 4.87. The minimum absolute atomic E-state index is 0.233. The smallest absolute Gasteiger partial charge is 0.243 e. The van der Waals surface area contributed by atoms with Crippen molar-refractivity contribution in [1.82, 2.24) is 4.90 Å². The number of benzene rings is 1. The minimum atomic E-state index is -3.68. The van der Waals surface area contributed by atoms with Crippen LogP contribution in [-0.4, -0.2) is 57.6 Å². The Morgan fingerprint density at radius 1 is 1.27 bits per heavy atom. The fourth-order valence-corrected chi connectivity index (χ4v) is 3.81. The highest BCUT2D eigenvalue weighted by atomic mass is 32.2. The molecule has 0 radical (unpaired) electrons. The molecular weight excluding hydrogens is 358 g/mol. The van der Waals surface area contributed by atoms with Crippen molar-refractivity contribution >= 4 is 27.5 Å². The fourth-order valence-electron chi connectivity index (χ4n) is 2.96. The third-order valence-electron chi connectivity index (χ3n) is 4.36. The first-order chi connectivity index (χ1) is 12.2. The van der Waals surface area contributed by atoms with E-state index in [1.807, 2.05) is 0 Å². The molecule has 144 valence electrons. The molecule has 1 saturated heterocycles. The molecule has 8 nitrogen and oxygen atoms in total. The average Bonchev–Trinajstić information content (AvgIpc) is 2.59. The SMILES string of the molecule is CCOc1ccccc1N(CC(=O)N1CCC(C(N)=O)CC1)S(C)(=O)=O. The molecule has 1 fully saturated rings. The van der Waals surface area contributed by atoms with Gasteiger partial charge in [-0.2, -0.15) is 0 Å². The Bertz CT molecular complexity index is 757. The summed E-state index contributed by atoms with van der Waals surface area (Å²) in [5.74, 6) is -0.505. The van der Waals surface area contributed by atoms with Crippen LogP contribution in [0.2, 0.25) is 0 Å². The molecule has 0 spiro atoms. The summed E-state index contributed by atoms with van der Waals surface area (Å²) >= 11 is 0. The molecule has 2 amide bonds. The van der Waals surface area contributed by atoms with Crippen LogP contribution in [0, 0.1) is 5.92 Å². The van der Waals surface area contributed by atoms with Gasteiger partial charge in [0.05, 0.1) is 18.6 Å². The van der Waals surface area contributed by atoms with E-state index in [1.165, 1.54) is 0 Å². The molecule has 0 atom stereocenters. The molecular formula is C17H25N3O5S. The summed E-state index contributed by atoms with van der Waals surface area (Å²) in [4.78, 5) is 25.4. The van der Waals surface area contributed by atoms with Crippen molar-refractivity contribution in [3.63, 3.8) is 0 Å². The second-order valence-electron chi connectivity index (χ2n) is 6.23. The number of carbonyl (C=O) groups excluding carboxylic acids is 2. The number of rotatable bonds is 7. The Morgan fingerprint density at radius 3 is 2.42 bits per heavy atom. The van der Waals surface area contributed by atoms with E-state index in [-0.39, 0.29) is 24.3 Å². The van der Waals surface area contributed by atoms with E-state index in [2.05, 4.69) is 0 Å². The maximum absolute atomic E-state index is 12.6. The Hall–Kier alpha value is -2.29. The van der Waals surface area contributed by atoms with Crippen molar-refractivity contribution < 1.29 is 22.7 Å². The van der Waals surface area contributed by atoms with Crippen molar-refractivity contribution in [3.05, 3.63) is 24.3 Å². The summed E-state index contributed by atoms with van der Waals surface area (Å²) in [6.45, 7) is 2.64. The van der Waals surface area contributed by atoms with Crippen molar-refractivity contribution in [1.29, 1.82) is 0 Å². The number of nitrogens with two attached hydrogens (primary N) is 1. The first-order valence-electron chi connectivity index (χ1n) is 8.50. The Morgan fingerprint density at radius 2 is 1.88 bits per heavy atom. The van der Waals surface area contributed by atoms with Gasteiger partial charge in [-0.15, -0.1) is 0 Å². The summed E-state index contributed by atoms with van der Waals surface area (Å²) in [6, 6.07) is 6.71.